The van der Waals surface area contributed by atoms with Crippen molar-refractivity contribution in [3.8, 4) is 0 Å². The lowest BCUT2D eigenvalue weighted by Crippen LogP contribution is -2.11. The summed E-state index contributed by atoms with van der Waals surface area (Å²) in [5, 5.41) is 3.38. The summed E-state index contributed by atoms with van der Waals surface area (Å²) in [4.78, 5) is 11.1. The molecule has 3 N–H and O–H groups in total. The monoisotopic (exact) mass is 254 g/mol. The molecule has 2 rings (SSSR count). The molecule has 0 spiro atoms. The third kappa shape index (κ3) is 3.13. The van der Waals surface area contributed by atoms with Gasteiger partial charge in [0.05, 0.1) is 0 Å². The zero-order valence-electron chi connectivity index (χ0n) is 11.2. The van der Waals surface area contributed by atoms with Crippen molar-refractivity contribution >= 4 is 11.6 Å². The highest BCUT2D eigenvalue weighted by Crippen LogP contribution is 2.18. The quantitative estimate of drug-likeness (QED) is 0.881. The second-order valence-corrected chi connectivity index (χ2v) is 4.67. The molecule has 0 saturated carbocycles. The predicted octanol–water partition coefficient (Wildman–Crippen LogP) is 3.01. The van der Waals surface area contributed by atoms with Crippen LogP contribution in [0, 0.1) is 13.8 Å². The van der Waals surface area contributed by atoms with E-state index in [0.29, 0.717) is 5.56 Å². The average molecular weight is 254 g/mol. The van der Waals surface area contributed by atoms with E-state index in [1.165, 1.54) is 11.1 Å². The second kappa shape index (κ2) is 5.57. The molecule has 98 valence electrons. The van der Waals surface area contributed by atoms with Gasteiger partial charge < -0.3 is 11.1 Å². The zero-order valence-corrected chi connectivity index (χ0v) is 11.2. The normalized spacial score (nSPS) is 10.2. The zero-order chi connectivity index (χ0) is 13.8. The van der Waals surface area contributed by atoms with Gasteiger partial charge in [-0.3, -0.25) is 4.79 Å². The van der Waals surface area contributed by atoms with E-state index in [1.807, 2.05) is 31.2 Å². The van der Waals surface area contributed by atoms with Crippen LogP contribution >= 0.6 is 0 Å². The predicted molar refractivity (Wildman–Crippen MR) is 78.2 cm³/mol. The number of rotatable bonds is 4. The Morgan fingerprint density at radius 1 is 1.11 bits per heavy atom. The van der Waals surface area contributed by atoms with Crippen LogP contribution in [-0.4, -0.2) is 5.91 Å². The maximum Gasteiger partial charge on any atom is 0.248 e. The lowest BCUT2D eigenvalue weighted by Gasteiger charge is -2.12. The van der Waals surface area contributed by atoms with E-state index in [2.05, 4.69) is 24.4 Å². The van der Waals surface area contributed by atoms with Crippen molar-refractivity contribution in [3.05, 3.63) is 64.7 Å². The number of benzene rings is 2. The number of carbonyl (C=O) groups excluding carboxylic acids is 1. The minimum atomic E-state index is -0.395. The standard InChI is InChI=1S/C16H18N2O/c1-11-5-3-4-6-14(11)10-18-15-8-7-13(16(17)19)9-12(15)2/h3-9,18H,10H2,1-2H3,(H2,17,19). The van der Waals surface area contributed by atoms with Gasteiger partial charge in [0.15, 0.2) is 0 Å². The van der Waals surface area contributed by atoms with Gasteiger partial charge in [-0.2, -0.15) is 0 Å². The highest BCUT2D eigenvalue weighted by molar-refractivity contribution is 5.93. The summed E-state index contributed by atoms with van der Waals surface area (Å²) in [6, 6.07) is 13.7. The molecular weight excluding hydrogens is 236 g/mol. The molecule has 1 amide bonds. The smallest absolute Gasteiger partial charge is 0.248 e. The van der Waals surface area contributed by atoms with Gasteiger partial charge in [-0.05, 0) is 48.7 Å². The Morgan fingerprint density at radius 3 is 2.47 bits per heavy atom. The minimum absolute atomic E-state index is 0.395. The topological polar surface area (TPSA) is 55.1 Å². The number of amides is 1. The second-order valence-electron chi connectivity index (χ2n) is 4.67. The van der Waals surface area contributed by atoms with Crippen LogP contribution < -0.4 is 11.1 Å². The molecule has 0 bridgehead atoms. The van der Waals surface area contributed by atoms with E-state index in [1.54, 1.807) is 6.07 Å². The summed E-state index contributed by atoms with van der Waals surface area (Å²) < 4.78 is 0. The number of anilines is 1. The van der Waals surface area contributed by atoms with Crippen LogP contribution in [0.4, 0.5) is 5.69 Å². The Morgan fingerprint density at radius 2 is 1.84 bits per heavy atom. The first-order valence-corrected chi connectivity index (χ1v) is 6.27. The fourth-order valence-electron chi connectivity index (χ4n) is 2.01. The van der Waals surface area contributed by atoms with Crippen molar-refractivity contribution in [2.75, 3.05) is 5.32 Å². The molecular formula is C16H18N2O. The number of aryl methyl sites for hydroxylation is 2. The van der Waals surface area contributed by atoms with Gasteiger partial charge in [0.1, 0.15) is 0 Å². The Labute approximate surface area is 113 Å². The van der Waals surface area contributed by atoms with Crippen molar-refractivity contribution in [1.82, 2.24) is 0 Å². The van der Waals surface area contributed by atoms with Crippen LogP contribution in [0.2, 0.25) is 0 Å². The first-order chi connectivity index (χ1) is 9.08. The third-order valence-electron chi connectivity index (χ3n) is 3.24. The molecule has 0 atom stereocenters. The lowest BCUT2D eigenvalue weighted by atomic mass is 10.1. The maximum atomic E-state index is 11.1. The molecule has 3 nitrogen and oxygen atoms in total. The lowest BCUT2D eigenvalue weighted by molar-refractivity contribution is 0.1000. The Bertz CT molecular complexity index is 605. The Kier molecular flexibility index (Phi) is 3.85. The SMILES string of the molecule is Cc1ccccc1CNc1ccc(C(N)=O)cc1C. The molecule has 2 aromatic carbocycles. The van der Waals surface area contributed by atoms with Crippen molar-refractivity contribution in [1.29, 1.82) is 0 Å². The van der Waals surface area contributed by atoms with Crippen molar-refractivity contribution < 1.29 is 4.79 Å². The van der Waals surface area contributed by atoms with E-state index in [-0.39, 0.29) is 0 Å². The van der Waals surface area contributed by atoms with Crippen LogP contribution in [0.1, 0.15) is 27.0 Å². The van der Waals surface area contributed by atoms with E-state index < -0.39 is 5.91 Å². The summed E-state index contributed by atoms with van der Waals surface area (Å²) >= 11 is 0. The van der Waals surface area contributed by atoms with Gasteiger partial charge in [-0.25, -0.2) is 0 Å². The maximum absolute atomic E-state index is 11.1. The van der Waals surface area contributed by atoms with Crippen LogP contribution in [0.15, 0.2) is 42.5 Å². The van der Waals surface area contributed by atoms with Gasteiger partial charge in [-0.15, -0.1) is 0 Å². The molecule has 0 aliphatic heterocycles. The van der Waals surface area contributed by atoms with Gasteiger partial charge >= 0.3 is 0 Å². The van der Waals surface area contributed by atoms with E-state index in [4.69, 9.17) is 5.73 Å². The third-order valence-corrected chi connectivity index (χ3v) is 3.24. The van der Waals surface area contributed by atoms with Gasteiger partial charge in [-0.1, -0.05) is 24.3 Å². The highest BCUT2D eigenvalue weighted by Gasteiger charge is 2.04. The number of nitrogens with one attached hydrogen (secondary N) is 1. The minimum Gasteiger partial charge on any atom is -0.381 e. The highest BCUT2D eigenvalue weighted by atomic mass is 16.1. The molecule has 0 fully saturated rings. The Hall–Kier alpha value is -2.29. The molecule has 0 aliphatic rings. The number of nitrogens with two attached hydrogens (primary N) is 1. The molecule has 0 saturated heterocycles. The molecule has 0 unspecified atom stereocenters. The molecule has 0 aromatic heterocycles. The number of hydrogen-bond donors (Lipinski definition) is 2. The summed E-state index contributed by atoms with van der Waals surface area (Å²) in [6.45, 7) is 4.83. The van der Waals surface area contributed by atoms with Gasteiger partial charge in [0.2, 0.25) is 5.91 Å². The number of hydrogen-bond acceptors (Lipinski definition) is 2. The van der Waals surface area contributed by atoms with E-state index >= 15 is 0 Å². The van der Waals surface area contributed by atoms with Crippen LogP contribution in [0.3, 0.4) is 0 Å². The van der Waals surface area contributed by atoms with Crippen molar-refractivity contribution in [2.24, 2.45) is 5.73 Å². The summed E-state index contributed by atoms with van der Waals surface area (Å²) in [6.07, 6.45) is 0. The van der Waals surface area contributed by atoms with Gasteiger partial charge in [0.25, 0.3) is 0 Å². The van der Waals surface area contributed by atoms with Crippen molar-refractivity contribution in [3.63, 3.8) is 0 Å². The number of carbonyl (C=O) groups is 1. The largest absolute Gasteiger partial charge is 0.381 e. The summed E-state index contributed by atoms with van der Waals surface area (Å²) in [5.41, 5.74) is 10.4. The summed E-state index contributed by atoms with van der Waals surface area (Å²) in [5.74, 6) is -0.395. The molecule has 0 radical (unpaired) electrons. The summed E-state index contributed by atoms with van der Waals surface area (Å²) in [7, 11) is 0. The first kappa shape index (κ1) is 13.1. The average Bonchev–Trinajstić information content (AvgIpc) is 2.39. The molecule has 3 heteroatoms. The molecule has 2 aromatic rings. The van der Waals surface area contributed by atoms with Crippen molar-refractivity contribution in [2.45, 2.75) is 20.4 Å². The molecule has 19 heavy (non-hydrogen) atoms. The van der Waals surface area contributed by atoms with Crippen LogP contribution in [0.25, 0.3) is 0 Å². The van der Waals surface area contributed by atoms with E-state index in [9.17, 15) is 4.79 Å². The fraction of sp³-hybridized carbons (Fsp3) is 0.188. The molecule has 0 heterocycles. The fourth-order valence-corrected chi connectivity index (χ4v) is 2.01. The van der Waals surface area contributed by atoms with Crippen LogP contribution in [0.5, 0.6) is 0 Å². The number of primary amides is 1. The first-order valence-electron chi connectivity index (χ1n) is 6.27. The van der Waals surface area contributed by atoms with Crippen LogP contribution in [-0.2, 0) is 6.54 Å². The van der Waals surface area contributed by atoms with Gasteiger partial charge in [0, 0.05) is 17.8 Å². The Balaban J connectivity index is 2.12. The molecule has 0 aliphatic carbocycles. The van der Waals surface area contributed by atoms with E-state index in [0.717, 1.165) is 17.8 Å².